The smallest absolute Gasteiger partial charge is 0.308 e. The number of hydrogen-bond acceptors (Lipinski definition) is 3. The molecule has 0 bridgehead atoms. The van der Waals surface area contributed by atoms with Gasteiger partial charge in [-0.1, -0.05) is 18.2 Å². The summed E-state index contributed by atoms with van der Waals surface area (Å²) in [5, 5.41) is 12.0. The fourth-order valence-corrected chi connectivity index (χ4v) is 3.51. The van der Waals surface area contributed by atoms with Gasteiger partial charge in [-0.05, 0) is 37.3 Å². The zero-order valence-electron chi connectivity index (χ0n) is 13.5. The van der Waals surface area contributed by atoms with Crippen molar-refractivity contribution in [1.82, 2.24) is 4.90 Å². The largest absolute Gasteiger partial charge is 0.481 e. The highest BCUT2D eigenvalue weighted by Crippen LogP contribution is 2.28. The van der Waals surface area contributed by atoms with E-state index in [1.165, 1.54) is 0 Å². The standard InChI is InChI=1S/C18H22N2O4/c21-16(20-9-3-5-14(11-20)18(23)24)8-7-13-10-12-4-1-2-6-15(12)19-17(13)22/h1-2,4,6,13-14H,3,5,7-11H2,(H,19,22)(H,23,24). The zero-order valence-corrected chi connectivity index (χ0v) is 13.5. The Hall–Kier alpha value is -2.37. The van der Waals surface area contributed by atoms with Crippen LogP contribution in [0.1, 0.15) is 31.2 Å². The van der Waals surface area contributed by atoms with E-state index in [0.29, 0.717) is 25.8 Å². The predicted molar refractivity (Wildman–Crippen MR) is 88.4 cm³/mol. The second-order valence-corrected chi connectivity index (χ2v) is 6.60. The van der Waals surface area contributed by atoms with E-state index in [1.54, 1.807) is 4.90 Å². The van der Waals surface area contributed by atoms with Crippen molar-refractivity contribution < 1.29 is 19.5 Å². The summed E-state index contributed by atoms with van der Waals surface area (Å²) in [6.07, 6.45) is 2.77. The number of fused-ring (bicyclic) bond motifs is 1. The molecule has 3 rings (SSSR count). The first-order chi connectivity index (χ1) is 11.5. The van der Waals surface area contributed by atoms with Crippen molar-refractivity contribution in [2.75, 3.05) is 18.4 Å². The lowest BCUT2D eigenvalue weighted by Gasteiger charge is -2.31. The molecule has 2 unspecified atom stereocenters. The molecule has 2 aliphatic rings. The molecule has 1 fully saturated rings. The molecule has 1 aromatic carbocycles. The third kappa shape index (κ3) is 3.58. The van der Waals surface area contributed by atoms with Gasteiger partial charge < -0.3 is 15.3 Å². The molecule has 0 aliphatic carbocycles. The highest BCUT2D eigenvalue weighted by molar-refractivity contribution is 5.96. The van der Waals surface area contributed by atoms with Crippen molar-refractivity contribution in [2.24, 2.45) is 11.8 Å². The van der Waals surface area contributed by atoms with E-state index in [-0.39, 0.29) is 30.7 Å². The summed E-state index contributed by atoms with van der Waals surface area (Å²) in [4.78, 5) is 37.3. The number of benzene rings is 1. The summed E-state index contributed by atoms with van der Waals surface area (Å²) in [6.45, 7) is 0.899. The van der Waals surface area contributed by atoms with Crippen LogP contribution < -0.4 is 5.32 Å². The SMILES string of the molecule is O=C(O)C1CCCN(C(=O)CCC2Cc3ccccc3NC2=O)C1. The molecule has 0 radical (unpaired) electrons. The summed E-state index contributed by atoms with van der Waals surface area (Å²) in [5.74, 6) is -1.59. The van der Waals surface area contributed by atoms with Crippen LogP contribution in [0.15, 0.2) is 24.3 Å². The van der Waals surface area contributed by atoms with Gasteiger partial charge in [0.05, 0.1) is 5.92 Å². The predicted octanol–water partition coefficient (Wildman–Crippen LogP) is 1.90. The Labute approximate surface area is 140 Å². The minimum absolute atomic E-state index is 0.0384. The van der Waals surface area contributed by atoms with Gasteiger partial charge in [0.2, 0.25) is 11.8 Å². The number of nitrogens with one attached hydrogen (secondary N) is 1. The summed E-state index contributed by atoms with van der Waals surface area (Å²) in [5.41, 5.74) is 1.95. The van der Waals surface area contributed by atoms with Gasteiger partial charge in [-0.25, -0.2) is 0 Å². The molecule has 0 saturated carbocycles. The molecule has 1 saturated heterocycles. The summed E-state index contributed by atoms with van der Waals surface area (Å²) < 4.78 is 0. The van der Waals surface area contributed by atoms with Gasteiger partial charge in [-0.2, -0.15) is 0 Å². The fourth-order valence-electron chi connectivity index (χ4n) is 3.51. The average Bonchev–Trinajstić information content (AvgIpc) is 2.59. The Kier molecular flexibility index (Phi) is 4.83. The molecular weight excluding hydrogens is 308 g/mol. The third-order valence-electron chi connectivity index (χ3n) is 4.94. The minimum Gasteiger partial charge on any atom is -0.481 e. The Morgan fingerprint density at radius 3 is 2.88 bits per heavy atom. The van der Waals surface area contributed by atoms with Crippen LogP contribution in [0, 0.1) is 11.8 Å². The van der Waals surface area contributed by atoms with Gasteiger partial charge >= 0.3 is 5.97 Å². The van der Waals surface area contributed by atoms with E-state index < -0.39 is 11.9 Å². The second-order valence-electron chi connectivity index (χ2n) is 6.60. The summed E-state index contributed by atoms with van der Waals surface area (Å²) >= 11 is 0. The van der Waals surface area contributed by atoms with Crippen molar-refractivity contribution >= 4 is 23.5 Å². The van der Waals surface area contributed by atoms with Crippen LogP contribution in [0.2, 0.25) is 0 Å². The molecule has 6 nitrogen and oxygen atoms in total. The van der Waals surface area contributed by atoms with Gasteiger partial charge in [0.15, 0.2) is 0 Å². The van der Waals surface area contributed by atoms with Crippen LogP contribution in [0.3, 0.4) is 0 Å². The molecular formula is C18H22N2O4. The summed E-state index contributed by atoms with van der Waals surface area (Å²) in [6, 6.07) is 7.70. The van der Waals surface area contributed by atoms with Gasteiger partial charge in [0.25, 0.3) is 0 Å². The Morgan fingerprint density at radius 1 is 1.29 bits per heavy atom. The lowest BCUT2D eigenvalue weighted by molar-refractivity contribution is -0.145. The maximum absolute atomic E-state index is 12.4. The number of piperidine rings is 1. The first-order valence-corrected chi connectivity index (χ1v) is 8.44. The van der Waals surface area contributed by atoms with Crippen molar-refractivity contribution in [3.63, 3.8) is 0 Å². The number of para-hydroxylation sites is 1. The van der Waals surface area contributed by atoms with Gasteiger partial charge in [-0.15, -0.1) is 0 Å². The number of likely N-dealkylation sites (tertiary alicyclic amines) is 1. The average molecular weight is 330 g/mol. The molecule has 2 N–H and O–H groups in total. The van der Waals surface area contributed by atoms with Crippen molar-refractivity contribution in [3.8, 4) is 0 Å². The minimum atomic E-state index is -0.837. The second kappa shape index (κ2) is 7.03. The lowest BCUT2D eigenvalue weighted by atomic mass is 9.89. The van der Waals surface area contributed by atoms with E-state index in [9.17, 15) is 14.4 Å². The van der Waals surface area contributed by atoms with Crippen molar-refractivity contribution in [2.45, 2.75) is 32.1 Å². The normalized spacial score (nSPS) is 23.3. The van der Waals surface area contributed by atoms with Crippen LogP contribution >= 0.6 is 0 Å². The van der Waals surface area contributed by atoms with E-state index in [2.05, 4.69) is 5.32 Å². The molecule has 2 aliphatic heterocycles. The van der Waals surface area contributed by atoms with Crippen LogP contribution in [0.4, 0.5) is 5.69 Å². The molecule has 6 heteroatoms. The van der Waals surface area contributed by atoms with Crippen LogP contribution in [-0.2, 0) is 20.8 Å². The van der Waals surface area contributed by atoms with Crippen LogP contribution in [-0.4, -0.2) is 40.9 Å². The van der Waals surface area contributed by atoms with Gasteiger partial charge in [0.1, 0.15) is 0 Å². The van der Waals surface area contributed by atoms with Crippen LogP contribution in [0.25, 0.3) is 0 Å². The maximum atomic E-state index is 12.4. The van der Waals surface area contributed by atoms with Crippen molar-refractivity contribution in [3.05, 3.63) is 29.8 Å². The summed E-state index contributed by atoms with van der Waals surface area (Å²) in [7, 11) is 0. The quantitative estimate of drug-likeness (QED) is 0.883. The molecule has 1 aromatic rings. The number of carboxylic acids is 1. The number of carbonyl (C=O) groups excluding carboxylic acids is 2. The van der Waals surface area contributed by atoms with Crippen LogP contribution in [0.5, 0.6) is 0 Å². The highest BCUT2D eigenvalue weighted by Gasteiger charge is 2.30. The van der Waals surface area contributed by atoms with E-state index in [4.69, 9.17) is 5.11 Å². The molecule has 2 heterocycles. The number of aliphatic carboxylic acids is 1. The molecule has 24 heavy (non-hydrogen) atoms. The number of anilines is 1. The molecule has 0 aromatic heterocycles. The lowest BCUT2D eigenvalue weighted by Crippen LogP contribution is -2.42. The number of carbonyl (C=O) groups is 3. The van der Waals surface area contributed by atoms with E-state index >= 15 is 0 Å². The number of amides is 2. The first kappa shape index (κ1) is 16.5. The van der Waals surface area contributed by atoms with Crippen molar-refractivity contribution in [1.29, 1.82) is 0 Å². The molecule has 2 atom stereocenters. The zero-order chi connectivity index (χ0) is 17.1. The molecule has 128 valence electrons. The monoisotopic (exact) mass is 330 g/mol. The number of rotatable bonds is 4. The van der Waals surface area contributed by atoms with E-state index in [1.807, 2.05) is 24.3 Å². The Balaban J connectivity index is 1.55. The Morgan fingerprint density at radius 2 is 2.08 bits per heavy atom. The number of nitrogens with zero attached hydrogens (tertiary/aromatic N) is 1. The van der Waals surface area contributed by atoms with Gasteiger partial charge in [-0.3, -0.25) is 14.4 Å². The number of hydrogen-bond donors (Lipinski definition) is 2. The highest BCUT2D eigenvalue weighted by atomic mass is 16.4. The Bertz CT molecular complexity index is 658. The first-order valence-electron chi connectivity index (χ1n) is 8.44. The fraction of sp³-hybridized carbons (Fsp3) is 0.500. The topological polar surface area (TPSA) is 86.7 Å². The molecule has 0 spiro atoms. The van der Waals surface area contributed by atoms with E-state index in [0.717, 1.165) is 17.7 Å². The molecule has 2 amide bonds. The third-order valence-corrected chi connectivity index (χ3v) is 4.94. The van der Waals surface area contributed by atoms with Gasteiger partial charge in [0, 0.05) is 31.1 Å². The number of carboxylic acid groups (broad SMARTS) is 1. The maximum Gasteiger partial charge on any atom is 0.308 e.